The number of nitrogens with one attached hydrogen (secondary N) is 1. The van der Waals surface area contributed by atoms with Crippen LogP contribution in [0.5, 0.6) is 23.0 Å². The van der Waals surface area contributed by atoms with Crippen LogP contribution in [0.1, 0.15) is 5.69 Å². The molecule has 2 heterocycles. The molecule has 8 heteroatoms. The highest BCUT2D eigenvalue weighted by Crippen LogP contribution is 2.41. The average Bonchev–Trinajstić information content (AvgIpc) is 3.15. The summed E-state index contributed by atoms with van der Waals surface area (Å²) >= 11 is 0. The Hall–Kier alpha value is -3.68. The SMILES string of the molecule is COc1ccc2[nH]c(Cn3cnc4c(OC)c(OC)c(OC)cc4c3=O)cc2c1. The zero-order valence-electron chi connectivity index (χ0n) is 16.6. The zero-order chi connectivity index (χ0) is 20.5. The fourth-order valence-corrected chi connectivity index (χ4v) is 3.45. The molecule has 0 radical (unpaired) electrons. The van der Waals surface area contributed by atoms with Gasteiger partial charge >= 0.3 is 0 Å². The maximum Gasteiger partial charge on any atom is 0.261 e. The molecule has 4 aromatic rings. The third kappa shape index (κ3) is 3.12. The summed E-state index contributed by atoms with van der Waals surface area (Å²) in [6.07, 6.45) is 1.51. The molecule has 0 spiro atoms. The van der Waals surface area contributed by atoms with E-state index in [1.54, 1.807) is 13.2 Å². The first-order valence-corrected chi connectivity index (χ1v) is 8.93. The van der Waals surface area contributed by atoms with Crippen LogP contribution in [0.2, 0.25) is 0 Å². The van der Waals surface area contributed by atoms with E-state index in [4.69, 9.17) is 18.9 Å². The number of hydrogen-bond donors (Lipinski definition) is 1. The molecule has 0 aliphatic rings. The lowest BCUT2D eigenvalue weighted by Gasteiger charge is -2.14. The van der Waals surface area contributed by atoms with Crippen LogP contribution in [-0.4, -0.2) is 43.0 Å². The van der Waals surface area contributed by atoms with Crippen molar-refractivity contribution in [3.8, 4) is 23.0 Å². The topological polar surface area (TPSA) is 87.6 Å². The minimum atomic E-state index is -0.203. The van der Waals surface area contributed by atoms with Gasteiger partial charge in [0.15, 0.2) is 11.5 Å². The molecule has 0 saturated carbocycles. The van der Waals surface area contributed by atoms with Crippen LogP contribution in [0.15, 0.2) is 41.5 Å². The smallest absolute Gasteiger partial charge is 0.261 e. The fourth-order valence-electron chi connectivity index (χ4n) is 3.45. The maximum absolute atomic E-state index is 13.1. The van der Waals surface area contributed by atoms with Gasteiger partial charge in [-0.05, 0) is 30.3 Å². The van der Waals surface area contributed by atoms with Gasteiger partial charge in [-0.1, -0.05) is 0 Å². The molecule has 8 nitrogen and oxygen atoms in total. The van der Waals surface area contributed by atoms with Crippen LogP contribution in [-0.2, 0) is 6.54 Å². The molecule has 0 saturated heterocycles. The molecule has 29 heavy (non-hydrogen) atoms. The molecule has 0 aliphatic heterocycles. The highest BCUT2D eigenvalue weighted by molar-refractivity contribution is 5.89. The molecule has 0 fully saturated rings. The van der Waals surface area contributed by atoms with Gasteiger partial charge < -0.3 is 23.9 Å². The molecule has 1 N–H and O–H groups in total. The monoisotopic (exact) mass is 395 g/mol. The minimum absolute atomic E-state index is 0.203. The van der Waals surface area contributed by atoms with Gasteiger partial charge in [-0.2, -0.15) is 0 Å². The van der Waals surface area contributed by atoms with E-state index in [1.807, 2.05) is 24.3 Å². The second kappa shape index (κ2) is 7.38. The Morgan fingerprint density at radius 1 is 0.966 bits per heavy atom. The highest BCUT2D eigenvalue weighted by Gasteiger charge is 2.19. The van der Waals surface area contributed by atoms with Crippen molar-refractivity contribution in [2.45, 2.75) is 6.54 Å². The summed E-state index contributed by atoms with van der Waals surface area (Å²) in [4.78, 5) is 20.9. The molecule has 150 valence electrons. The summed E-state index contributed by atoms with van der Waals surface area (Å²) in [5, 5.41) is 1.40. The molecule has 0 unspecified atom stereocenters. The van der Waals surface area contributed by atoms with Crippen LogP contribution in [0.3, 0.4) is 0 Å². The van der Waals surface area contributed by atoms with Crippen molar-refractivity contribution in [3.63, 3.8) is 0 Å². The van der Waals surface area contributed by atoms with E-state index in [0.29, 0.717) is 34.7 Å². The van der Waals surface area contributed by atoms with Gasteiger partial charge in [0.05, 0.1) is 46.7 Å². The van der Waals surface area contributed by atoms with E-state index in [2.05, 4.69) is 9.97 Å². The van der Waals surface area contributed by atoms with Gasteiger partial charge in [0.1, 0.15) is 11.3 Å². The summed E-state index contributed by atoms with van der Waals surface area (Å²) in [5.74, 6) is 1.95. The number of rotatable bonds is 6. The lowest BCUT2D eigenvalue weighted by atomic mass is 10.2. The third-order valence-electron chi connectivity index (χ3n) is 4.85. The Balaban J connectivity index is 1.81. The van der Waals surface area contributed by atoms with Crippen LogP contribution >= 0.6 is 0 Å². The van der Waals surface area contributed by atoms with Crippen LogP contribution < -0.4 is 24.5 Å². The molecule has 4 rings (SSSR count). The van der Waals surface area contributed by atoms with E-state index in [9.17, 15) is 4.79 Å². The Morgan fingerprint density at radius 2 is 1.76 bits per heavy atom. The summed E-state index contributed by atoms with van der Waals surface area (Å²) in [6.45, 7) is 0.343. The largest absolute Gasteiger partial charge is 0.497 e. The predicted octanol–water partition coefficient (Wildman–Crippen LogP) is 2.96. The van der Waals surface area contributed by atoms with Gasteiger partial charge in [-0.25, -0.2) is 4.98 Å². The van der Waals surface area contributed by atoms with E-state index < -0.39 is 0 Å². The number of ether oxygens (including phenoxy) is 4. The number of aromatic amines is 1. The minimum Gasteiger partial charge on any atom is -0.497 e. The van der Waals surface area contributed by atoms with Gasteiger partial charge in [-0.15, -0.1) is 0 Å². The predicted molar refractivity (Wildman–Crippen MR) is 110 cm³/mol. The summed E-state index contributed by atoms with van der Waals surface area (Å²) in [6, 6.07) is 9.39. The van der Waals surface area contributed by atoms with Crippen molar-refractivity contribution in [2.75, 3.05) is 28.4 Å². The third-order valence-corrected chi connectivity index (χ3v) is 4.85. The number of hydrogen-bond acceptors (Lipinski definition) is 6. The van der Waals surface area contributed by atoms with Gasteiger partial charge in [0, 0.05) is 16.6 Å². The lowest BCUT2D eigenvalue weighted by molar-refractivity contribution is 0.326. The first kappa shape index (κ1) is 18.7. The van der Waals surface area contributed by atoms with Crippen molar-refractivity contribution in [1.82, 2.24) is 14.5 Å². The van der Waals surface area contributed by atoms with E-state index >= 15 is 0 Å². The lowest BCUT2D eigenvalue weighted by Crippen LogP contribution is -2.21. The van der Waals surface area contributed by atoms with Crippen molar-refractivity contribution in [1.29, 1.82) is 0 Å². The van der Waals surface area contributed by atoms with Crippen molar-refractivity contribution < 1.29 is 18.9 Å². The number of fused-ring (bicyclic) bond motifs is 2. The highest BCUT2D eigenvalue weighted by atomic mass is 16.5. The van der Waals surface area contributed by atoms with Gasteiger partial charge in [0.2, 0.25) is 5.75 Å². The van der Waals surface area contributed by atoms with Crippen molar-refractivity contribution in [2.24, 2.45) is 0 Å². The molecule has 2 aromatic heterocycles. The number of methoxy groups -OCH3 is 4. The Kier molecular flexibility index (Phi) is 4.75. The average molecular weight is 395 g/mol. The first-order valence-electron chi connectivity index (χ1n) is 8.93. The number of H-pyrrole nitrogens is 1. The molecule has 0 bridgehead atoms. The standard InChI is InChI=1S/C21H21N3O5/c1-26-14-5-6-16-12(8-14)7-13(23-16)10-24-11-22-18-15(21(24)25)9-17(27-2)19(28-3)20(18)29-4/h5-9,11,23H,10H2,1-4H3. The van der Waals surface area contributed by atoms with Crippen LogP contribution in [0.4, 0.5) is 0 Å². The van der Waals surface area contributed by atoms with Gasteiger partial charge in [0.25, 0.3) is 5.56 Å². The molecular weight excluding hydrogens is 374 g/mol. The van der Waals surface area contributed by atoms with Gasteiger partial charge in [-0.3, -0.25) is 9.36 Å². The second-order valence-corrected chi connectivity index (χ2v) is 6.47. The van der Waals surface area contributed by atoms with Crippen LogP contribution in [0.25, 0.3) is 21.8 Å². The Morgan fingerprint density at radius 3 is 2.45 bits per heavy atom. The summed E-state index contributed by atoms with van der Waals surface area (Å²) in [5.41, 5.74) is 2.07. The van der Waals surface area contributed by atoms with Crippen molar-refractivity contribution in [3.05, 3.63) is 52.7 Å². The molecule has 0 atom stereocenters. The summed E-state index contributed by atoms with van der Waals surface area (Å²) in [7, 11) is 6.16. The second-order valence-electron chi connectivity index (χ2n) is 6.47. The number of aromatic nitrogens is 3. The zero-order valence-corrected chi connectivity index (χ0v) is 16.6. The van der Waals surface area contributed by atoms with E-state index in [-0.39, 0.29) is 5.56 Å². The quantitative estimate of drug-likeness (QED) is 0.540. The fraction of sp³-hybridized carbons (Fsp3) is 0.238. The van der Waals surface area contributed by atoms with Crippen molar-refractivity contribution >= 4 is 21.8 Å². The maximum atomic E-state index is 13.1. The molecule has 0 amide bonds. The first-order chi connectivity index (χ1) is 14.1. The number of nitrogens with zero attached hydrogens (tertiary/aromatic N) is 2. The molecule has 0 aliphatic carbocycles. The number of benzene rings is 2. The molecule has 2 aromatic carbocycles. The van der Waals surface area contributed by atoms with E-state index in [0.717, 1.165) is 22.3 Å². The Bertz CT molecular complexity index is 1260. The van der Waals surface area contributed by atoms with Crippen LogP contribution in [0, 0.1) is 0 Å². The summed E-state index contributed by atoms with van der Waals surface area (Å²) < 4.78 is 23.0. The molecular formula is C21H21N3O5. The van der Waals surface area contributed by atoms with E-state index in [1.165, 1.54) is 32.2 Å². The Labute approximate surface area is 166 Å². The normalized spacial score (nSPS) is 11.0.